The van der Waals surface area contributed by atoms with Crippen molar-refractivity contribution < 1.29 is 0 Å². The lowest BCUT2D eigenvalue weighted by Crippen LogP contribution is -2.33. The van der Waals surface area contributed by atoms with Crippen molar-refractivity contribution in [1.82, 2.24) is 5.43 Å². The Morgan fingerprint density at radius 1 is 1.44 bits per heavy atom. The van der Waals surface area contributed by atoms with Gasteiger partial charge >= 0.3 is 0 Å². The summed E-state index contributed by atoms with van der Waals surface area (Å²) in [6.45, 7) is 6.03. The van der Waals surface area contributed by atoms with E-state index in [1.54, 1.807) is 6.07 Å². The first-order chi connectivity index (χ1) is 7.33. The van der Waals surface area contributed by atoms with Gasteiger partial charge < -0.3 is 5.43 Å². The molecule has 0 aliphatic rings. The summed E-state index contributed by atoms with van der Waals surface area (Å²) in [7, 11) is 0. The highest BCUT2D eigenvalue weighted by molar-refractivity contribution is 9.10. The Balaban J connectivity index is 3.15. The summed E-state index contributed by atoms with van der Waals surface area (Å²) in [5.74, 6) is 6.11. The van der Waals surface area contributed by atoms with E-state index in [-0.39, 0.29) is 5.54 Å². The average molecular weight is 305 g/mol. The number of halogens is 2. The quantitative estimate of drug-likeness (QED) is 0.362. The Hall–Kier alpha value is -0.580. The van der Waals surface area contributed by atoms with E-state index in [1.807, 2.05) is 32.9 Å². The Morgan fingerprint density at radius 3 is 2.50 bits per heavy atom. The Labute approximate surface area is 109 Å². The van der Waals surface area contributed by atoms with Gasteiger partial charge in [0.1, 0.15) is 5.84 Å². The molecule has 0 atom stereocenters. The number of hydrazine groups is 1. The van der Waals surface area contributed by atoms with E-state index < -0.39 is 0 Å². The number of rotatable bonds is 1. The highest BCUT2D eigenvalue weighted by Crippen LogP contribution is 2.23. The maximum absolute atomic E-state index is 5.92. The molecule has 16 heavy (non-hydrogen) atoms. The van der Waals surface area contributed by atoms with Crippen LogP contribution in [0.3, 0.4) is 0 Å². The number of aliphatic imine (C=N–C) groups is 1. The van der Waals surface area contributed by atoms with Crippen molar-refractivity contribution in [1.29, 1.82) is 0 Å². The second kappa shape index (κ2) is 5.17. The van der Waals surface area contributed by atoms with Crippen molar-refractivity contribution in [2.75, 3.05) is 0 Å². The molecule has 1 aromatic carbocycles. The molecule has 0 unspecified atom stereocenters. The fourth-order valence-electron chi connectivity index (χ4n) is 1.16. The standard InChI is InChI=1S/C11H15BrClN3/c1-11(2,3)15-10(16-14)7-4-5-9(13)8(12)6-7/h4-6H,14H2,1-3H3,(H,15,16). The maximum Gasteiger partial charge on any atom is 0.143 e. The number of nitrogens with one attached hydrogen (secondary N) is 1. The third kappa shape index (κ3) is 3.77. The summed E-state index contributed by atoms with van der Waals surface area (Å²) >= 11 is 9.29. The molecule has 0 saturated heterocycles. The van der Waals surface area contributed by atoms with Gasteiger partial charge in [0.25, 0.3) is 0 Å². The van der Waals surface area contributed by atoms with Crippen molar-refractivity contribution >= 4 is 33.4 Å². The van der Waals surface area contributed by atoms with Crippen molar-refractivity contribution in [3.63, 3.8) is 0 Å². The summed E-state index contributed by atoms with van der Waals surface area (Å²) in [5.41, 5.74) is 3.32. The van der Waals surface area contributed by atoms with Crippen LogP contribution in [0.1, 0.15) is 26.3 Å². The smallest absolute Gasteiger partial charge is 0.143 e. The fourth-order valence-corrected chi connectivity index (χ4v) is 1.66. The van der Waals surface area contributed by atoms with E-state index in [2.05, 4.69) is 26.3 Å². The lowest BCUT2D eigenvalue weighted by atomic mass is 10.1. The lowest BCUT2D eigenvalue weighted by Gasteiger charge is -2.16. The van der Waals surface area contributed by atoms with Crippen LogP contribution in [0.4, 0.5) is 0 Å². The minimum atomic E-state index is -0.187. The summed E-state index contributed by atoms with van der Waals surface area (Å²) < 4.78 is 0.823. The van der Waals surface area contributed by atoms with E-state index in [0.717, 1.165) is 10.0 Å². The highest BCUT2D eigenvalue weighted by Gasteiger charge is 2.11. The first kappa shape index (κ1) is 13.5. The summed E-state index contributed by atoms with van der Waals surface area (Å²) in [6, 6.07) is 5.56. The van der Waals surface area contributed by atoms with Crippen LogP contribution in [0, 0.1) is 0 Å². The predicted octanol–water partition coefficient (Wildman–Crippen LogP) is 3.11. The van der Waals surface area contributed by atoms with E-state index in [4.69, 9.17) is 17.4 Å². The van der Waals surface area contributed by atoms with Crippen LogP contribution >= 0.6 is 27.5 Å². The summed E-state index contributed by atoms with van der Waals surface area (Å²) in [4.78, 5) is 4.49. The second-order valence-corrected chi connectivity index (χ2v) is 5.67. The van der Waals surface area contributed by atoms with Crippen LogP contribution in [0.15, 0.2) is 27.7 Å². The molecule has 0 heterocycles. The third-order valence-electron chi connectivity index (χ3n) is 1.78. The SMILES string of the molecule is CC(C)(C)N=C(NN)c1ccc(Cl)c(Br)c1. The number of amidine groups is 1. The minimum absolute atomic E-state index is 0.187. The molecular formula is C11H15BrClN3. The van der Waals surface area contributed by atoms with E-state index in [0.29, 0.717) is 10.9 Å². The van der Waals surface area contributed by atoms with Crippen LogP contribution in [0.2, 0.25) is 5.02 Å². The predicted molar refractivity (Wildman–Crippen MR) is 72.8 cm³/mol. The Morgan fingerprint density at radius 2 is 2.06 bits per heavy atom. The molecule has 0 fully saturated rings. The minimum Gasteiger partial charge on any atom is -0.308 e. The number of hydrogen-bond donors (Lipinski definition) is 2. The number of nitrogens with two attached hydrogens (primary N) is 1. The molecule has 3 nitrogen and oxygen atoms in total. The van der Waals surface area contributed by atoms with Crippen molar-refractivity contribution in [2.24, 2.45) is 10.8 Å². The monoisotopic (exact) mass is 303 g/mol. The summed E-state index contributed by atoms with van der Waals surface area (Å²) in [6.07, 6.45) is 0. The number of benzene rings is 1. The number of hydrogen-bond acceptors (Lipinski definition) is 2. The van der Waals surface area contributed by atoms with Gasteiger partial charge in [-0.1, -0.05) is 11.6 Å². The van der Waals surface area contributed by atoms with Crippen molar-refractivity contribution in [3.8, 4) is 0 Å². The van der Waals surface area contributed by atoms with Crippen molar-refractivity contribution in [3.05, 3.63) is 33.3 Å². The van der Waals surface area contributed by atoms with Crippen LogP contribution in [-0.4, -0.2) is 11.4 Å². The largest absolute Gasteiger partial charge is 0.308 e. The topological polar surface area (TPSA) is 50.4 Å². The van der Waals surface area contributed by atoms with Gasteiger partial charge in [-0.2, -0.15) is 0 Å². The normalized spacial score (nSPS) is 12.8. The van der Waals surface area contributed by atoms with Gasteiger partial charge in [0, 0.05) is 10.0 Å². The van der Waals surface area contributed by atoms with Gasteiger partial charge in [0.2, 0.25) is 0 Å². The molecule has 0 radical (unpaired) electrons. The Bertz CT molecular complexity index is 410. The average Bonchev–Trinajstić information content (AvgIpc) is 2.17. The van der Waals surface area contributed by atoms with Crippen LogP contribution < -0.4 is 11.3 Å². The van der Waals surface area contributed by atoms with Gasteiger partial charge in [-0.3, -0.25) is 4.99 Å². The second-order valence-electron chi connectivity index (χ2n) is 4.40. The third-order valence-corrected chi connectivity index (χ3v) is 2.99. The zero-order valence-electron chi connectivity index (χ0n) is 9.51. The zero-order valence-corrected chi connectivity index (χ0v) is 11.9. The first-order valence-electron chi connectivity index (χ1n) is 4.85. The molecule has 1 aromatic rings. The molecule has 0 aliphatic carbocycles. The molecule has 0 aliphatic heterocycles. The molecule has 1 rings (SSSR count). The Kier molecular flexibility index (Phi) is 4.35. The van der Waals surface area contributed by atoms with E-state index in [9.17, 15) is 0 Å². The molecule has 0 saturated carbocycles. The van der Waals surface area contributed by atoms with Gasteiger partial charge in [0.15, 0.2) is 0 Å². The van der Waals surface area contributed by atoms with Crippen LogP contribution in [-0.2, 0) is 0 Å². The van der Waals surface area contributed by atoms with Gasteiger partial charge in [-0.15, -0.1) is 0 Å². The molecule has 88 valence electrons. The van der Waals surface area contributed by atoms with Gasteiger partial charge in [-0.05, 0) is 54.9 Å². The fraction of sp³-hybridized carbons (Fsp3) is 0.364. The van der Waals surface area contributed by atoms with Gasteiger partial charge in [-0.25, -0.2) is 5.84 Å². The molecule has 5 heteroatoms. The maximum atomic E-state index is 5.92. The van der Waals surface area contributed by atoms with Crippen LogP contribution in [0.25, 0.3) is 0 Å². The molecule has 0 spiro atoms. The molecular weight excluding hydrogens is 289 g/mol. The van der Waals surface area contributed by atoms with Crippen molar-refractivity contribution in [2.45, 2.75) is 26.3 Å². The van der Waals surface area contributed by atoms with E-state index >= 15 is 0 Å². The highest BCUT2D eigenvalue weighted by atomic mass is 79.9. The van der Waals surface area contributed by atoms with E-state index in [1.165, 1.54) is 0 Å². The lowest BCUT2D eigenvalue weighted by molar-refractivity contribution is 0.580. The molecule has 0 bridgehead atoms. The molecule has 0 amide bonds. The summed E-state index contributed by atoms with van der Waals surface area (Å²) in [5, 5.41) is 0.663. The van der Waals surface area contributed by atoms with Gasteiger partial charge in [0.05, 0.1) is 10.6 Å². The molecule has 3 N–H and O–H groups in total. The molecule has 0 aromatic heterocycles. The number of nitrogens with zero attached hydrogens (tertiary/aromatic N) is 1. The zero-order chi connectivity index (χ0) is 12.3. The van der Waals surface area contributed by atoms with Crippen LogP contribution in [0.5, 0.6) is 0 Å². The first-order valence-corrected chi connectivity index (χ1v) is 6.02.